The first-order chi connectivity index (χ1) is 12.2. The summed E-state index contributed by atoms with van der Waals surface area (Å²) in [5.41, 5.74) is 5.58. The minimum atomic E-state index is 0. The fourth-order valence-electron chi connectivity index (χ4n) is 3.65. The van der Waals surface area contributed by atoms with Gasteiger partial charge in [0.2, 0.25) is 0 Å². The van der Waals surface area contributed by atoms with E-state index < -0.39 is 0 Å². The van der Waals surface area contributed by atoms with E-state index in [2.05, 4.69) is 41.7 Å². The highest BCUT2D eigenvalue weighted by atomic mass is 79.9. The molecule has 1 aliphatic rings. The van der Waals surface area contributed by atoms with Crippen LogP contribution >= 0.6 is 17.0 Å². The first-order valence-electron chi connectivity index (χ1n) is 8.63. The number of aromatic hydroxyl groups is 2. The van der Waals surface area contributed by atoms with Crippen molar-refractivity contribution in [3.63, 3.8) is 0 Å². The van der Waals surface area contributed by atoms with Crippen molar-refractivity contribution in [1.82, 2.24) is 5.32 Å². The van der Waals surface area contributed by atoms with E-state index in [0.29, 0.717) is 0 Å². The summed E-state index contributed by atoms with van der Waals surface area (Å²) in [7, 11) is 0. The van der Waals surface area contributed by atoms with Crippen LogP contribution in [0.3, 0.4) is 0 Å². The highest BCUT2D eigenvalue weighted by Gasteiger charge is 2.24. The highest BCUT2D eigenvalue weighted by Crippen LogP contribution is 2.36. The van der Waals surface area contributed by atoms with Crippen molar-refractivity contribution in [2.75, 3.05) is 6.54 Å². The zero-order chi connectivity index (χ0) is 17.2. The second-order valence-electron chi connectivity index (χ2n) is 6.56. The Bertz CT molecular complexity index is 879. The Morgan fingerprint density at radius 3 is 2.31 bits per heavy atom. The molecule has 0 saturated heterocycles. The van der Waals surface area contributed by atoms with Crippen LogP contribution < -0.4 is 5.32 Å². The number of halogens is 1. The smallest absolute Gasteiger partial charge is 0.124 e. The molecule has 0 amide bonds. The summed E-state index contributed by atoms with van der Waals surface area (Å²) < 4.78 is 0. The molecule has 0 aromatic heterocycles. The van der Waals surface area contributed by atoms with Crippen molar-refractivity contribution < 1.29 is 10.2 Å². The zero-order valence-electron chi connectivity index (χ0n) is 14.4. The van der Waals surface area contributed by atoms with E-state index in [-0.39, 0.29) is 34.5 Å². The molecule has 3 nitrogen and oxygen atoms in total. The Morgan fingerprint density at radius 2 is 1.58 bits per heavy atom. The third-order valence-electron chi connectivity index (χ3n) is 4.86. The molecule has 134 valence electrons. The molecule has 1 unspecified atom stereocenters. The van der Waals surface area contributed by atoms with Gasteiger partial charge in [-0.2, -0.15) is 0 Å². The first-order valence-corrected chi connectivity index (χ1v) is 8.63. The maximum absolute atomic E-state index is 10.3. The molecule has 1 atom stereocenters. The summed E-state index contributed by atoms with van der Waals surface area (Å²) in [6, 6.07) is 22.2. The van der Waals surface area contributed by atoms with E-state index in [1.807, 2.05) is 18.2 Å². The fourth-order valence-corrected chi connectivity index (χ4v) is 3.65. The Kier molecular flexibility index (Phi) is 5.64. The van der Waals surface area contributed by atoms with Crippen LogP contribution in [0.5, 0.6) is 11.5 Å². The normalized spacial score (nSPS) is 15.8. The Balaban J connectivity index is 0.00000196. The summed E-state index contributed by atoms with van der Waals surface area (Å²) in [5.74, 6) is 0.303. The maximum Gasteiger partial charge on any atom is 0.124 e. The van der Waals surface area contributed by atoms with Crippen molar-refractivity contribution in [3.05, 3.63) is 83.4 Å². The monoisotopic (exact) mass is 411 g/mol. The number of phenolic OH excluding ortho intramolecular Hbond substituents is 2. The molecule has 26 heavy (non-hydrogen) atoms. The molecule has 3 aromatic carbocycles. The van der Waals surface area contributed by atoms with Crippen LogP contribution in [-0.4, -0.2) is 16.8 Å². The summed E-state index contributed by atoms with van der Waals surface area (Å²) >= 11 is 0. The molecular formula is C22H22BrNO2. The van der Waals surface area contributed by atoms with Crippen molar-refractivity contribution in [1.29, 1.82) is 0 Å². The van der Waals surface area contributed by atoms with Gasteiger partial charge in [0.1, 0.15) is 11.5 Å². The van der Waals surface area contributed by atoms with Crippen LogP contribution in [0.4, 0.5) is 0 Å². The van der Waals surface area contributed by atoms with Crippen LogP contribution in [0.15, 0.2) is 66.7 Å². The minimum Gasteiger partial charge on any atom is -0.508 e. The third-order valence-corrected chi connectivity index (χ3v) is 4.86. The maximum atomic E-state index is 10.3. The number of benzene rings is 3. The van der Waals surface area contributed by atoms with Gasteiger partial charge in [-0.05, 0) is 47.7 Å². The number of nitrogens with one attached hydrogen (secondary N) is 1. The highest BCUT2D eigenvalue weighted by molar-refractivity contribution is 8.93. The fraction of sp³-hybridized carbons (Fsp3) is 0.182. The molecule has 4 rings (SSSR count). The van der Waals surface area contributed by atoms with Gasteiger partial charge in [0, 0.05) is 17.7 Å². The number of fused-ring (bicyclic) bond motifs is 1. The second-order valence-corrected chi connectivity index (χ2v) is 6.56. The molecule has 0 spiro atoms. The number of hydrogen-bond donors (Lipinski definition) is 3. The molecule has 3 N–H and O–H groups in total. The molecule has 3 aromatic rings. The van der Waals surface area contributed by atoms with Gasteiger partial charge in [0.05, 0.1) is 0 Å². The molecule has 0 fully saturated rings. The Hall–Kier alpha value is -2.30. The molecule has 0 aliphatic carbocycles. The summed E-state index contributed by atoms with van der Waals surface area (Å²) in [4.78, 5) is 0. The lowest BCUT2D eigenvalue weighted by Crippen LogP contribution is -2.31. The van der Waals surface area contributed by atoms with Gasteiger partial charge in [0.15, 0.2) is 0 Å². The van der Waals surface area contributed by atoms with Gasteiger partial charge in [-0.15, -0.1) is 17.0 Å². The standard InChI is InChI=1S/C22H21NO2.BrH/c24-19-13-18-10-11-23-20(22(18)21(25)14-19)12-15-6-8-17(9-7-15)16-4-2-1-3-5-16;/h1-9,13-14,20,23-25H,10-12H2;1H. The molecular weight excluding hydrogens is 390 g/mol. The minimum absolute atomic E-state index is 0. The van der Waals surface area contributed by atoms with E-state index in [0.717, 1.165) is 30.5 Å². The van der Waals surface area contributed by atoms with Gasteiger partial charge >= 0.3 is 0 Å². The van der Waals surface area contributed by atoms with Crippen molar-refractivity contribution in [2.24, 2.45) is 0 Å². The molecule has 1 aliphatic heterocycles. The van der Waals surface area contributed by atoms with Gasteiger partial charge in [-0.1, -0.05) is 54.6 Å². The van der Waals surface area contributed by atoms with Gasteiger partial charge in [0.25, 0.3) is 0 Å². The average molecular weight is 412 g/mol. The van der Waals surface area contributed by atoms with E-state index >= 15 is 0 Å². The SMILES string of the molecule is Br.Oc1cc(O)c2c(c1)CCNC2Cc1ccc(-c2ccccc2)cc1. The van der Waals surface area contributed by atoms with Crippen LogP contribution in [0.2, 0.25) is 0 Å². The number of rotatable bonds is 3. The predicted octanol–water partition coefficient (Wildman–Crippen LogP) is 4.77. The quantitative estimate of drug-likeness (QED) is 0.581. The second kappa shape index (κ2) is 7.94. The summed E-state index contributed by atoms with van der Waals surface area (Å²) in [6.45, 7) is 0.850. The third kappa shape index (κ3) is 3.76. The van der Waals surface area contributed by atoms with E-state index in [4.69, 9.17) is 0 Å². The zero-order valence-corrected chi connectivity index (χ0v) is 16.1. The number of hydrogen-bond acceptors (Lipinski definition) is 3. The Morgan fingerprint density at radius 1 is 0.885 bits per heavy atom. The van der Waals surface area contributed by atoms with Crippen molar-refractivity contribution in [3.8, 4) is 22.6 Å². The van der Waals surface area contributed by atoms with Crippen molar-refractivity contribution in [2.45, 2.75) is 18.9 Å². The average Bonchev–Trinajstić information content (AvgIpc) is 2.63. The summed E-state index contributed by atoms with van der Waals surface area (Å²) in [5, 5.41) is 23.5. The Labute approximate surface area is 164 Å². The number of phenols is 2. The van der Waals surface area contributed by atoms with E-state index in [1.165, 1.54) is 22.8 Å². The van der Waals surface area contributed by atoms with Gasteiger partial charge < -0.3 is 15.5 Å². The lowest BCUT2D eigenvalue weighted by Gasteiger charge is -2.28. The van der Waals surface area contributed by atoms with Crippen LogP contribution in [0.1, 0.15) is 22.7 Å². The topological polar surface area (TPSA) is 52.5 Å². The van der Waals surface area contributed by atoms with Gasteiger partial charge in [-0.25, -0.2) is 0 Å². The molecule has 4 heteroatoms. The largest absolute Gasteiger partial charge is 0.508 e. The van der Waals surface area contributed by atoms with Gasteiger partial charge in [-0.3, -0.25) is 0 Å². The molecule has 0 saturated carbocycles. The first kappa shape index (κ1) is 18.5. The summed E-state index contributed by atoms with van der Waals surface area (Å²) in [6.07, 6.45) is 1.63. The molecule has 1 heterocycles. The molecule has 0 radical (unpaired) electrons. The lowest BCUT2D eigenvalue weighted by atomic mass is 9.89. The predicted molar refractivity (Wildman–Crippen MR) is 110 cm³/mol. The van der Waals surface area contributed by atoms with Crippen molar-refractivity contribution >= 4 is 17.0 Å². The van der Waals surface area contributed by atoms with Crippen LogP contribution in [0, 0.1) is 0 Å². The molecule has 0 bridgehead atoms. The lowest BCUT2D eigenvalue weighted by molar-refractivity contribution is 0.418. The van der Waals surface area contributed by atoms with Crippen LogP contribution in [0.25, 0.3) is 11.1 Å². The van der Waals surface area contributed by atoms with E-state index in [1.54, 1.807) is 6.07 Å². The van der Waals surface area contributed by atoms with Crippen LogP contribution in [-0.2, 0) is 12.8 Å². The van der Waals surface area contributed by atoms with E-state index in [9.17, 15) is 10.2 Å².